The number of nitrogens with one attached hydrogen (secondary N) is 2. The zero-order valence-electron chi connectivity index (χ0n) is 10.3. The lowest BCUT2D eigenvalue weighted by Gasteiger charge is -2.05. The molecule has 0 fully saturated rings. The van der Waals surface area contributed by atoms with Gasteiger partial charge in [0.1, 0.15) is 5.00 Å². The molecule has 0 saturated heterocycles. The Hall–Kier alpha value is -2.42. The highest BCUT2D eigenvalue weighted by Crippen LogP contribution is 2.23. The molecule has 0 radical (unpaired) electrons. The van der Waals surface area contributed by atoms with Crippen molar-refractivity contribution in [2.45, 2.75) is 19.3 Å². The lowest BCUT2D eigenvalue weighted by Crippen LogP contribution is -2.35. The van der Waals surface area contributed by atoms with E-state index in [0.29, 0.717) is 0 Å². The molecule has 5 N–H and O–H groups in total. The first-order valence-corrected chi connectivity index (χ1v) is 6.48. The monoisotopic (exact) mass is 299 g/mol. The summed E-state index contributed by atoms with van der Waals surface area (Å²) in [6.45, 7) is 0. The summed E-state index contributed by atoms with van der Waals surface area (Å²) in [5.41, 5.74) is 4.96. The minimum absolute atomic E-state index is 0.0288. The number of aliphatic carboxylic acids is 1. The molecule has 0 aromatic carbocycles. The molecule has 0 unspecified atom stereocenters. The molecule has 1 aromatic heterocycles. The third-order valence-corrected chi connectivity index (χ3v) is 3.02. The lowest BCUT2D eigenvalue weighted by molar-refractivity contribution is -0.137. The topological polar surface area (TPSA) is 139 Å². The van der Waals surface area contributed by atoms with Gasteiger partial charge in [0.2, 0.25) is 5.91 Å². The van der Waals surface area contributed by atoms with E-state index in [9.17, 15) is 19.2 Å². The number of carboxylic acids is 1. The van der Waals surface area contributed by atoms with Gasteiger partial charge in [-0.2, -0.15) is 0 Å². The van der Waals surface area contributed by atoms with Crippen LogP contribution in [0.3, 0.4) is 0 Å². The largest absolute Gasteiger partial charge is 0.481 e. The first-order valence-electron chi connectivity index (χ1n) is 5.60. The van der Waals surface area contributed by atoms with Gasteiger partial charge in [0.25, 0.3) is 5.91 Å². The van der Waals surface area contributed by atoms with Gasteiger partial charge in [-0.25, -0.2) is 4.79 Å². The van der Waals surface area contributed by atoms with E-state index in [2.05, 4.69) is 5.32 Å². The van der Waals surface area contributed by atoms with Crippen molar-refractivity contribution in [1.29, 1.82) is 0 Å². The number of thiophene rings is 1. The fraction of sp³-hybridized carbons (Fsp3) is 0.273. The molecule has 4 amide bonds. The molecule has 0 spiro atoms. The zero-order valence-corrected chi connectivity index (χ0v) is 11.2. The van der Waals surface area contributed by atoms with Gasteiger partial charge in [-0.1, -0.05) is 0 Å². The van der Waals surface area contributed by atoms with Crippen LogP contribution >= 0.6 is 11.3 Å². The number of amides is 4. The number of anilines is 1. The van der Waals surface area contributed by atoms with E-state index in [4.69, 9.17) is 10.8 Å². The van der Waals surface area contributed by atoms with Crippen molar-refractivity contribution < 1.29 is 24.3 Å². The predicted octanol–water partition coefficient (Wildman–Crippen LogP) is 0.750. The second-order valence-corrected chi connectivity index (χ2v) is 4.69. The maximum atomic E-state index is 11.6. The Labute approximate surface area is 118 Å². The Morgan fingerprint density at radius 3 is 2.55 bits per heavy atom. The van der Waals surface area contributed by atoms with Gasteiger partial charge in [0.15, 0.2) is 0 Å². The molecule has 8 nitrogen and oxygen atoms in total. The number of hydrogen-bond acceptors (Lipinski definition) is 5. The Morgan fingerprint density at radius 2 is 1.95 bits per heavy atom. The average molecular weight is 299 g/mol. The van der Waals surface area contributed by atoms with Crippen molar-refractivity contribution in [2.24, 2.45) is 5.73 Å². The second kappa shape index (κ2) is 7.24. The van der Waals surface area contributed by atoms with Crippen molar-refractivity contribution in [3.05, 3.63) is 17.0 Å². The van der Waals surface area contributed by atoms with Crippen LogP contribution in [-0.2, 0) is 9.59 Å². The number of carbonyl (C=O) groups is 4. The Kier molecular flexibility index (Phi) is 5.66. The fourth-order valence-corrected chi connectivity index (χ4v) is 2.15. The molecule has 9 heteroatoms. The first kappa shape index (κ1) is 15.6. The number of carbonyl (C=O) groups excluding carboxylic acids is 3. The highest BCUT2D eigenvalue weighted by atomic mass is 32.1. The first-order chi connectivity index (χ1) is 9.40. The van der Waals surface area contributed by atoms with Crippen molar-refractivity contribution in [1.82, 2.24) is 5.32 Å². The number of carboxylic acid groups (broad SMARTS) is 1. The average Bonchev–Trinajstić information content (AvgIpc) is 2.75. The second-order valence-electron chi connectivity index (χ2n) is 3.78. The summed E-state index contributed by atoms with van der Waals surface area (Å²) < 4.78 is 0. The van der Waals surface area contributed by atoms with Gasteiger partial charge in [-0.3, -0.25) is 19.7 Å². The van der Waals surface area contributed by atoms with E-state index < -0.39 is 23.8 Å². The third-order valence-electron chi connectivity index (χ3n) is 2.19. The molecule has 0 aliphatic heterocycles. The molecule has 0 aliphatic carbocycles. The normalized spacial score (nSPS) is 9.80. The maximum Gasteiger partial charge on any atom is 0.319 e. The Balaban J connectivity index is 2.58. The van der Waals surface area contributed by atoms with E-state index in [-0.39, 0.29) is 29.8 Å². The number of primary amides is 1. The van der Waals surface area contributed by atoms with Crippen LogP contribution in [0, 0.1) is 0 Å². The summed E-state index contributed by atoms with van der Waals surface area (Å²) in [5.74, 6) is -2.09. The van der Waals surface area contributed by atoms with Crippen molar-refractivity contribution in [3.63, 3.8) is 0 Å². The Bertz CT molecular complexity index is 540. The summed E-state index contributed by atoms with van der Waals surface area (Å²) in [4.78, 5) is 44.1. The van der Waals surface area contributed by atoms with Crippen LogP contribution in [0.4, 0.5) is 9.80 Å². The van der Waals surface area contributed by atoms with Crippen LogP contribution in [0.15, 0.2) is 11.4 Å². The number of hydrogen-bond donors (Lipinski definition) is 4. The molecule has 0 saturated carbocycles. The van der Waals surface area contributed by atoms with Gasteiger partial charge in [0, 0.05) is 12.8 Å². The van der Waals surface area contributed by atoms with Crippen LogP contribution in [0.25, 0.3) is 0 Å². The minimum Gasteiger partial charge on any atom is -0.481 e. The molecule has 0 atom stereocenters. The molecular weight excluding hydrogens is 286 g/mol. The van der Waals surface area contributed by atoms with Gasteiger partial charge < -0.3 is 16.2 Å². The van der Waals surface area contributed by atoms with E-state index >= 15 is 0 Å². The van der Waals surface area contributed by atoms with Gasteiger partial charge >= 0.3 is 12.0 Å². The van der Waals surface area contributed by atoms with Gasteiger partial charge in [-0.15, -0.1) is 11.3 Å². The molecule has 0 bridgehead atoms. The minimum atomic E-state index is -0.986. The maximum absolute atomic E-state index is 11.6. The van der Waals surface area contributed by atoms with Crippen LogP contribution in [0.1, 0.15) is 29.6 Å². The standard InChI is InChI=1S/C11H13N3O5S/c12-11(19)14-9(18)6-4-5-20-10(6)13-7(15)2-1-3-8(16)17/h4-5H,1-3H2,(H,13,15)(H,16,17)(H3,12,14,18,19). The summed E-state index contributed by atoms with van der Waals surface area (Å²) in [7, 11) is 0. The van der Waals surface area contributed by atoms with Gasteiger partial charge in [-0.05, 0) is 17.9 Å². The van der Waals surface area contributed by atoms with E-state index in [1.54, 1.807) is 5.38 Å². The van der Waals surface area contributed by atoms with Gasteiger partial charge in [0.05, 0.1) is 5.56 Å². The molecule has 0 aliphatic rings. The number of rotatable bonds is 6. The summed E-state index contributed by atoms with van der Waals surface area (Å²) in [5, 5.41) is 14.7. The molecule has 108 valence electrons. The number of nitrogens with two attached hydrogens (primary N) is 1. The van der Waals surface area contributed by atoms with E-state index in [1.165, 1.54) is 6.07 Å². The van der Waals surface area contributed by atoms with Crippen LogP contribution in [0.5, 0.6) is 0 Å². The lowest BCUT2D eigenvalue weighted by atomic mass is 10.2. The number of imide groups is 1. The van der Waals surface area contributed by atoms with Crippen molar-refractivity contribution in [3.8, 4) is 0 Å². The quantitative estimate of drug-likeness (QED) is 0.614. The van der Waals surface area contributed by atoms with E-state index in [0.717, 1.165) is 11.3 Å². The summed E-state index contributed by atoms with van der Waals surface area (Å²) >= 11 is 1.11. The molecule has 1 heterocycles. The fourth-order valence-electron chi connectivity index (χ4n) is 1.35. The smallest absolute Gasteiger partial charge is 0.319 e. The molecule has 1 rings (SSSR count). The SMILES string of the molecule is NC(=O)NC(=O)c1ccsc1NC(=O)CCCC(=O)O. The highest BCUT2D eigenvalue weighted by Gasteiger charge is 2.16. The summed E-state index contributed by atoms with van der Waals surface area (Å²) in [6, 6.07) is 0.454. The van der Waals surface area contributed by atoms with Crippen molar-refractivity contribution in [2.75, 3.05) is 5.32 Å². The van der Waals surface area contributed by atoms with Crippen LogP contribution in [0.2, 0.25) is 0 Å². The van der Waals surface area contributed by atoms with Crippen molar-refractivity contribution >= 4 is 40.2 Å². The summed E-state index contributed by atoms with van der Waals surface area (Å²) in [6.07, 6.45) is 0.128. The zero-order chi connectivity index (χ0) is 15.1. The highest BCUT2D eigenvalue weighted by molar-refractivity contribution is 7.14. The molecule has 1 aromatic rings. The number of urea groups is 1. The van der Waals surface area contributed by atoms with Crippen LogP contribution in [-0.4, -0.2) is 28.9 Å². The third kappa shape index (κ3) is 5.06. The Morgan fingerprint density at radius 1 is 1.25 bits per heavy atom. The molecule has 20 heavy (non-hydrogen) atoms. The molecular formula is C11H13N3O5S. The van der Waals surface area contributed by atoms with Crippen LogP contribution < -0.4 is 16.4 Å². The van der Waals surface area contributed by atoms with E-state index in [1.807, 2.05) is 5.32 Å². The predicted molar refractivity (Wildman–Crippen MR) is 71.5 cm³/mol.